The van der Waals surface area contributed by atoms with E-state index in [1.807, 2.05) is 24.6 Å². The Morgan fingerprint density at radius 1 is 0.512 bits per heavy atom. The summed E-state index contributed by atoms with van der Waals surface area (Å²) in [4.78, 5) is 14.9. The molecule has 6 heteroatoms. The van der Waals surface area contributed by atoms with Crippen LogP contribution in [0.2, 0.25) is 0 Å². The minimum atomic E-state index is 0. The van der Waals surface area contributed by atoms with Crippen molar-refractivity contribution in [1.82, 2.24) is 4.98 Å². The number of benzene rings is 2. The van der Waals surface area contributed by atoms with Crippen molar-refractivity contribution in [3.63, 3.8) is 0 Å². The molecule has 0 N–H and O–H groups in total. The van der Waals surface area contributed by atoms with E-state index in [2.05, 4.69) is 70.2 Å². The molecule has 0 aliphatic rings. The second-order valence-electron chi connectivity index (χ2n) is 10.3. The number of halogens is 2. The molecule has 0 atom stereocenters. The molecule has 3 nitrogen and oxygen atoms in total. The van der Waals surface area contributed by atoms with Gasteiger partial charge < -0.3 is 24.8 Å². The van der Waals surface area contributed by atoms with Crippen LogP contribution in [0.5, 0.6) is 0 Å². The molecule has 225 valence electrons. The molecule has 1 aromatic heterocycles. The fourth-order valence-corrected chi connectivity index (χ4v) is 4.77. The Morgan fingerprint density at radius 2 is 0.805 bits per heavy atom. The summed E-state index contributed by atoms with van der Waals surface area (Å²) in [5, 5.41) is 0. The number of para-hydroxylation sites is 2. The largest absolute Gasteiger partial charge is 2.00 e. The van der Waals surface area contributed by atoms with Crippen molar-refractivity contribution < 1.29 is 41.6 Å². The van der Waals surface area contributed by atoms with E-state index in [9.17, 15) is 0 Å². The minimum Gasteiger partial charge on any atom is -1.00 e. The second kappa shape index (κ2) is 22.6. The third-order valence-corrected chi connectivity index (χ3v) is 7.05. The van der Waals surface area contributed by atoms with E-state index < -0.39 is 0 Å². The smallest absolute Gasteiger partial charge is 1.00 e. The zero-order valence-electron chi connectivity index (χ0n) is 25.3. The van der Waals surface area contributed by atoms with E-state index in [1.165, 1.54) is 73.6 Å². The Bertz CT molecular complexity index is 1050. The number of rotatable bonds is 16. The monoisotopic (exact) mass is 638 g/mol. The van der Waals surface area contributed by atoms with Crippen LogP contribution in [0.3, 0.4) is 0 Å². The summed E-state index contributed by atoms with van der Waals surface area (Å²) in [6, 6.07) is 19.4. The number of aliphatic imine (C=N–C) groups is 2. The maximum atomic E-state index is 5.01. The summed E-state index contributed by atoms with van der Waals surface area (Å²) >= 11 is 0. The summed E-state index contributed by atoms with van der Waals surface area (Å²) in [6.07, 6.45) is 17.6. The number of unbranched alkanes of at least 4 members (excludes halogenated alkanes) is 4. The van der Waals surface area contributed by atoms with Gasteiger partial charge in [-0.15, -0.1) is 0 Å². The summed E-state index contributed by atoms with van der Waals surface area (Å²) in [6.45, 7) is 8.98. The van der Waals surface area contributed by atoms with Gasteiger partial charge in [-0.25, -0.2) is 4.98 Å². The maximum Gasteiger partial charge on any atom is 2.00 e. The van der Waals surface area contributed by atoms with Gasteiger partial charge in [0.25, 0.3) is 0 Å². The molecular formula is C35H47Cl2CoN3. The van der Waals surface area contributed by atoms with E-state index in [4.69, 9.17) is 15.0 Å². The Kier molecular flexibility index (Phi) is 21.5. The third-order valence-electron chi connectivity index (χ3n) is 7.05. The van der Waals surface area contributed by atoms with Crippen molar-refractivity contribution >= 4 is 23.8 Å². The van der Waals surface area contributed by atoms with Crippen LogP contribution in [0.25, 0.3) is 0 Å². The van der Waals surface area contributed by atoms with Crippen LogP contribution in [-0.4, -0.2) is 17.4 Å². The molecule has 0 saturated heterocycles. The van der Waals surface area contributed by atoms with Crippen molar-refractivity contribution in [2.75, 3.05) is 0 Å². The van der Waals surface area contributed by atoms with Crippen molar-refractivity contribution in [2.24, 2.45) is 9.98 Å². The molecule has 0 saturated carbocycles. The number of pyridine rings is 1. The standard InChI is InChI=1S/C35H47N3.2ClH.Co/c1-5-9-16-28-20-13-21-29(17-10-6-2)34(28)36-26-32-24-15-25-33(38-32)27-37-35-30(18-11-7-3)22-14-23-31(35)19-12-8-4;;;/h13-15,20-27H,5-12,16-19H2,1-4H3;2*1H;/q;;;+2/p-2. The summed E-state index contributed by atoms with van der Waals surface area (Å²) in [5.41, 5.74) is 9.39. The molecule has 0 fully saturated rings. The van der Waals surface area contributed by atoms with Crippen molar-refractivity contribution in [2.45, 2.75) is 105 Å². The molecule has 2 aromatic carbocycles. The molecular weight excluding hydrogens is 592 g/mol. The number of aryl methyl sites for hydroxylation is 4. The number of hydrogen-bond donors (Lipinski definition) is 0. The summed E-state index contributed by atoms with van der Waals surface area (Å²) < 4.78 is 0. The summed E-state index contributed by atoms with van der Waals surface area (Å²) in [5.74, 6) is 0. The van der Waals surface area contributed by atoms with E-state index in [0.29, 0.717) is 0 Å². The molecule has 0 spiro atoms. The number of aromatic nitrogens is 1. The molecule has 0 aliphatic carbocycles. The predicted octanol–water partition coefficient (Wildman–Crippen LogP) is 3.96. The molecule has 1 heterocycles. The van der Waals surface area contributed by atoms with Gasteiger partial charge in [-0.05, 0) is 85.8 Å². The molecule has 3 aromatic rings. The first-order valence-corrected chi connectivity index (χ1v) is 15.0. The van der Waals surface area contributed by atoms with E-state index in [1.54, 1.807) is 0 Å². The predicted molar refractivity (Wildman–Crippen MR) is 166 cm³/mol. The third kappa shape index (κ3) is 12.8. The van der Waals surface area contributed by atoms with Crippen LogP contribution in [0.15, 0.2) is 64.6 Å². The van der Waals surface area contributed by atoms with Gasteiger partial charge in [0.05, 0.1) is 35.2 Å². The van der Waals surface area contributed by atoms with Crippen molar-refractivity contribution in [3.05, 3.63) is 88.2 Å². The van der Waals surface area contributed by atoms with Gasteiger partial charge in [0.15, 0.2) is 0 Å². The van der Waals surface area contributed by atoms with E-state index >= 15 is 0 Å². The molecule has 0 amide bonds. The Hall–Kier alpha value is -1.98. The van der Waals surface area contributed by atoms with Gasteiger partial charge in [0.2, 0.25) is 0 Å². The van der Waals surface area contributed by atoms with Crippen molar-refractivity contribution in [1.29, 1.82) is 0 Å². The van der Waals surface area contributed by atoms with Gasteiger partial charge in [0.1, 0.15) is 0 Å². The van der Waals surface area contributed by atoms with Gasteiger partial charge in [-0.2, -0.15) is 0 Å². The molecule has 3 rings (SSSR count). The average molecular weight is 640 g/mol. The first-order chi connectivity index (χ1) is 18.7. The fraction of sp³-hybridized carbons (Fsp3) is 0.457. The van der Waals surface area contributed by atoms with Crippen LogP contribution < -0.4 is 24.8 Å². The van der Waals surface area contributed by atoms with Crippen LogP contribution in [0.1, 0.15) is 113 Å². The topological polar surface area (TPSA) is 37.6 Å². The Morgan fingerprint density at radius 3 is 1.10 bits per heavy atom. The Labute approximate surface area is 272 Å². The minimum absolute atomic E-state index is 0. The molecule has 0 aliphatic heterocycles. The Balaban J connectivity index is 0.00000533. The zero-order valence-corrected chi connectivity index (χ0v) is 27.8. The summed E-state index contributed by atoms with van der Waals surface area (Å²) in [7, 11) is 0. The van der Waals surface area contributed by atoms with Gasteiger partial charge >= 0.3 is 16.8 Å². The van der Waals surface area contributed by atoms with Gasteiger partial charge in [-0.1, -0.05) is 95.8 Å². The van der Waals surface area contributed by atoms with Crippen molar-refractivity contribution in [3.8, 4) is 0 Å². The number of nitrogens with zero attached hydrogens (tertiary/aromatic N) is 3. The normalized spacial score (nSPS) is 10.8. The first kappa shape index (κ1) is 39.0. The first-order valence-electron chi connectivity index (χ1n) is 15.0. The molecule has 41 heavy (non-hydrogen) atoms. The van der Waals surface area contributed by atoms with E-state index in [-0.39, 0.29) is 41.6 Å². The van der Waals surface area contributed by atoms with Gasteiger partial charge in [0, 0.05) is 0 Å². The molecule has 0 unspecified atom stereocenters. The molecule has 0 bridgehead atoms. The van der Waals surface area contributed by atoms with Crippen LogP contribution in [0, 0.1) is 0 Å². The zero-order chi connectivity index (χ0) is 27.0. The van der Waals surface area contributed by atoms with Crippen LogP contribution in [-0.2, 0) is 42.5 Å². The van der Waals surface area contributed by atoms with Crippen LogP contribution in [0.4, 0.5) is 11.4 Å². The van der Waals surface area contributed by atoms with Gasteiger partial charge in [-0.3, -0.25) is 9.98 Å². The van der Waals surface area contributed by atoms with Crippen LogP contribution >= 0.6 is 0 Å². The maximum absolute atomic E-state index is 5.01. The average Bonchev–Trinajstić information content (AvgIpc) is 2.95. The molecule has 1 radical (unpaired) electrons. The van der Waals surface area contributed by atoms with E-state index in [0.717, 1.165) is 48.4 Å². The quantitative estimate of drug-likeness (QED) is 0.219. The fourth-order valence-electron chi connectivity index (χ4n) is 4.77. The second-order valence-corrected chi connectivity index (χ2v) is 10.3. The SMILES string of the molecule is CCCCc1cccc(CCCC)c1N=Cc1cccc(C=Nc2c(CCCC)cccc2CCCC)n1.[Cl-].[Cl-].[Co+2]. The number of hydrogen-bond acceptors (Lipinski definition) is 3.